The molecule has 136 valence electrons. The molecular weight excluding hydrogens is 371 g/mol. The number of anilines is 1. The Kier molecular flexibility index (Phi) is 3.98. The number of fused-ring (bicyclic) bond motifs is 4. The van der Waals surface area contributed by atoms with E-state index in [2.05, 4.69) is 20.3 Å². The number of hydrogen-bond acceptors (Lipinski definition) is 4. The summed E-state index contributed by atoms with van der Waals surface area (Å²) in [5.41, 5.74) is 0.809. The summed E-state index contributed by atoms with van der Waals surface area (Å²) in [4.78, 5) is 26.4. The molecule has 1 saturated heterocycles. The number of alkyl halides is 3. The zero-order chi connectivity index (χ0) is 18.5. The van der Waals surface area contributed by atoms with Crippen molar-refractivity contribution in [2.75, 3.05) is 5.32 Å². The highest BCUT2D eigenvalue weighted by Crippen LogP contribution is 2.43. The van der Waals surface area contributed by atoms with E-state index in [0.717, 1.165) is 30.2 Å². The van der Waals surface area contributed by atoms with Gasteiger partial charge in [0.05, 0.1) is 22.3 Å². The van der Waals surface area contributed by atoms with Gasteiger partial charge in [0, 0.05) is 36.5 Å². The molecule has 2 amide bonds. The van der Waals surface area contributed by atoms with Gasteiger partial charge in [-0.1, -0.05) is 11.6 Å². The fourth-order valence-electron chi connectivity index (χ4n) is 3.62. The monoisotopic (exact) mass is 383 g/mol. The zero-order valence-electron chi connectivity index (χ0n) is 13.3. The molecule has 2 aromatic rings. The fourth-order valence-corrected chi connectivity index (χ4v) is 3.87. The van der Waals surface area contributed by atoms with Crippen LogP contribution in [0.1, 0.15) is 35.7 Å². The molecule has 0 aromatic carbocycles. The van der Waals surface area contributed by atoms with Gasteiger partial charge in [-0.05, 0) is 12.8 Å². The van der Waals surface area contributed by atoms with Crippen molar-refractivity contribution in [2.24, 2.45) is 0 Å². The second kappa shape index (κ2) is 6.08. The Morgan fingerprint density at radius 2 is 2.08 bits per heavy atom. The Hall–Kier alpha value is -2.42. The maximum atomic E-state index is 12.8. The van der Waals surface area contributed by atoms with Crippen LogP contribution in [0.4, 0.5) is 23.8 Å². The van der Waals surface area contributed by atoms with Crippen molar-refractivity contribution < 1.29 is 18.0 Å². The van der Waals surface area contributed by atoms with Gasteiger partial charge in [-0.2, -0.15) is 13.2 Å². The maximum absolute atomic E-state index is 12.8. The minimum Gasteiger partial charge on any atom is -0.314 e. The van der Waals surface area contributed by atoms with Crippen LogP contribution < -0.4 is 5.32 Å². The fraction of sp³-hybridized carbons (Fsp3) is 0.375. The predicted molar refractivity (Wildman–Crippen MR) is 86.6 cm³/mol. The molecule has 1 N–H and O–H groups in total. The van der Waals surface area contributed by atoms with Crippen LogP contribution >= 0.6 is 11.6 Å². The molecule has 6 nitrogen and oxygen atoms in total. The molecule has 2 aliphatic rings. The van der Waals surface area contributed by atoms with Crippen LogP contribution in [0.2, 0.25) is 5.02 Å². The molecule has 0 aliphatic carbocycles. The van der Waals surface area contributed by atoms with Gasteiger partial charge in [0.1, 0.15) is 12.1 Å². The van der Waals surface area contributed by atoms with E-state index in [9.17, 15) is 18.0 Å². The zero-order valence-corrected chi connectivity index (χ0v) is 14.1. The van der Waals surface area contributed by atoms with E-state index in [-0.39, 0.29) is 17.9 Å². The molecule has 2 atom stereocenters. The molecule has 2 aliphatic heterocycles. The van der Waals surface area contributed by atoms with Gasteiger partial charge in [0.15, 0.2) is 0 Å². The lowest BCUT2D eigenvalue weighted by Crippen LogP contribution is -2.44. The van der Waals surface area contributed by atoms with Crippen molar-refractivity contribution in [1.82, 2.24) is 19.9 Å². The molecule has 10 heteroatoms. The highest BCUT2D eigenvalue weighted by atomic mass is 35.5. The third kappa shape index (κ3) is 2.86. The van der Waals surface area contributed by atoms with Crippen LogP contribution in [-0.4, -0.2) is 31.9 Å². The number of amides is 2. The van der Waals surface area contributed by atoms with Crippen molar-refractivity contribution in [1.29, 1.82) is 0 Å². The number of carbonyl (C=O) groups excluding carboxylic acids is 1. The lowest BCUT2D eigenvalue weighted by atomic mass is 10.00. The summed E-state index contributed by atoms with van der Waals surface area (Å²) in [6.45, 7) is 0. The number of nitrogens with zero attached hydrogens (tertiary/aromatic N) is 4. The number of carbonyl (C=O) groups is 1. The van der Waals surface area contributed by atoms with Crippen LogP contribution in [0, 0.1) is 0 Å². The predicted octanol–water partition coefficient (Wildman–Crippen LogP) is 3.84. The molecule has 4 rings (SSSR count). The van der Waals surface area contributed by atoms with Gasteiger partial charge in [-0.15, -0.1) is 0 Å². The van der Waals surface area contributed by atoms with Crippen molar-refractivity contribution in [3.63, 3.8) is 0 Å². The van der Waals surface area contributed by atoms with Crippen molar-refractivity contribution >= 4 is 23.4 Å². The number of nitrogens with one attached hydrogen (secondary N) is 1. The van der Waals surface area contributed by atoms with Crippen LogP contribution in [0.15, 0.2) is 24.8 Å². The van der Waals surface area contributed by atoms with Crippen molar-refractivity contribution in [3.05, 3.63) is 46.6 Å². The number of pyridine rings is 1. The van der Waals surface area contributed by atoms with E-state index in [4.69, 9.17) is 11.6 Å². The average Bonchev–Trinajstić information content (AvgIpc) is 2.89. The number of urea groups is 1. The van der Waals surface area contributed by atoms with Crippen molar-refractivity contribution in [3.8, 4) is 0 Å². The molecule has 0 unspecified atom stereocenters. The van der Waals surface area contributed by atoms with E-state index < -0.39 is 22.8 Å². The van der Waals surface area contributed by atoms with Crippen LogP contribution in [0.25, 0.3) is 0 Å². The Bertz CT molecular complexity index is 875. The second-order valence-corrected chi connectivity index (χ2v) is 6.67. The van der Waals surface area contributed by atoms with E-state index in [0.29, 0.717) is 12.6 Å². The number of hydrogen-bond donors (Lipinski definition) is 1. The minimum absolute atomic E-state index is 0.00711. The largest absolute Gasteiger partial charge is 0.419 e. The standard InChI is InChI=1S/C16H13ClF3N5O/c17-11-4-14(22-6-10(11)16(18,19)20)24-15(26)25-8-1-2-13(25)9-5-21-7-23-12(9)3-8/h4-8,13H,1-3H2,(H,22,24,26)/t8-,13+/m1/s1. The number of halogens is 4. The molecule has 0 spiro atoms. The molecule has 2 bridgehead atoms. The van der Waals surface area contributed by atoms with Gasteiger partial charge < -0.3 is 4.90 Å². The van der Waals surface area contributed by atoms with Crippen LogP contribution in [0.5, 0.6) is 0 Å². The van der Waals surface area contributed by atoms with Gasteiger partial charge in [-0.3, -0.25) is 5.32 Å². The molecule has 26 heavy (non-hydrogen) atoms. The average molecular weight is 384 g/mol. The summed E-state index contributed by atoms with van der Waals surface area (Å²) < 4.78 is 38.3. The second-order valence-electron chi connectivity index (χ2n) is 6.26. The minimum atomic E-state index is -4.59. The molecule has 2 aromatic heterocycles. The van der Waals surface area contributed by atoms with E-state index in [1.165, 1.54) is 6.33 Å². The summed E-state index contributed by atoms with van der Waals surface area (Å²) >= 11 is 5.68. The lowest BCUT2D eigenvalue weighted by molar-refractivity contribution is -0.137. The summed E-state index contributed by atoms with van der Waals surface area (Å²) in [6.07, 6.45) is 1.47. The van der Waals surface area contributed by atoms with Gasteiger partial charge in [0.2, 0.25) is 0 Å². The SMILES string of the molecule is O=C(Nc1cc(Cl)c(C(F)(F)F)cn1)N1[C@@H]2CC[C@H]1c1cncnc1C2. The highest BCUT2D eigenvalue weighted by Gasteiger charge is 2.43. The van der Waals surface area contributed by atoms with E-state index in [1.807, 2.05) is 0 Å². The van der Waals surface area contributed by atoms with Gasteiger partial charge in [-0.25, -0.2) is 19.7 Å². The van der Waals surface area contributed by atoms with E-state index in [1.54, 1.807) is 11.1 Å². The third-order valence-corrected chi connectivity index (χ3v) is 5.06. The topological polar surface area (TPSA) is 71.0 Å². The molecule has 4 heterocycles. The summed E-state index contributed by atoms with van der Waals surface area (Å²) in [7, 11) is 0. The van der Waals surface area contributed by atoms with Crippen molar-refractivity contribution in [2.45, 2.75) is 37.5 Å². The first kappa shape index (κ1) is 17.0. The first-order chi connectivity index (χ1) is 12.3. The molecule has 0 saturated carbocycles. The highest BCUT2D eigenvalue weighted by molar-refractivity contribution is 6.31. The quantitative estimate of drug-likeness (QED) is 0.812. The summed E-state index contributed by atoms with van der Waals surface area (Å²) in [5, 5.41) is 2.04. The lowest BCUT2D eigenvalue weighted by Gasteiger charge is -2.35. The molecule has 0 radical (unpaired) electrons. The summed E-state index contributed by atoms with van der Waals surface area (Å²) in [5.74, 6) is -0.0255. The first-order valence-electron chi connectivity index (χ1n) is 7.95. The summed E-state index contributed by atoms with van der Waals surface area (Å²) in [6, 6.07) is 0.433. The Labute approximate surface area is 151 Å². The molecule has 1 fully saturated rings. The Morgan fingerprint density at radius 1 is 1.27 bits per heavy atom. The van der Waals surface area contributed by atoms with Gasteiger partial charge >= 0.3 is 12.2 Å². The Morgan fingerprint density at radius 3 is 2.81 bits per heavy atom. The smallest absolute Gasteiger partial charge is 0.314 e. The maximum Gasteiger partial charge on any atom is 0.419 e. The Balaban J connectivity index is 1.56. The number of aromatic nitrogens is 3. The van der Waals surface area contributed by atoms with E-state index >= 15 is 0 Å². The normalized spacial score (nSPS) is 21.5. The third-order valence-electron chi connectivity index (χ3n) is 4.75. The first-order valence-corrected chi connectivity index (χ1v) is 8.33. The number of rotatable bonds is 1. The van der Waals surface area contributed by atoms with Crippen LogP contribution in [0.3, 0.4) is 0 Å². The van der Waals surface area contributed by atoms with Gasteiger partial charge in [0.25, 0.3) is 0 Å². The molecular formula is C16H13ClF3N5O. The van der Waals surface area contributed by atoms with Crippen LogP contribution in [-0.2, 0) is 12.6 Å².